The molecule has 4 aromatic carbocycles. The second-order valence-corrected chi connectivity index (χ2v) is 24.3. The summed E-state index contributed by atoms with van der Waals surface area (Å²) in [4.78, 5) is 43.3. The smallest absolute Gasteiger partial charge is 0.319 e. The molecule has 4 aromatic heterocycles. The zero-order valence-electron chi connectivity index (χ0n) is 48.9. The van der Waals surface area contributed by atoms with Gasteiger partial charge in [0.2, 0.25) is 11.8 Å². The van der Waals surface area contributed by atoms with Crippen LogP contribution in [0.15, 0.2) is 85.3 Å². The molecular formula is C64H74FN13O7. The van der Waals surface area contributed by atoms with Crippen LogP contribution in [-0.2, 0) is 27.5 Å². The number of ether oxygens (including phenoxy) is 3. The molecule has 85 heavy (non-hydrogen) atoms. The van der Waals surface area contributed by atoms with Crippen LogP contribution in [0.1, 0.15) is 119 Å². The van der Waals surface area contributed by atoms with E-state index in [9.17, 15) is 19.8 Å². The van der Waals surface area contributed by atoms with Crippen LogP contribution in [0.4, 0.5) is 10.2 Å². The number of β-amino-alcohol motifs (C(OH)–C–C–N with tert-alkyl or cyclic N) is 1. The number of rotatable bonds is 19. The first kappa shape index (κ1) is 56.3. The van der Waals surface area contributed by atoms with Gasteiger partial charge < -0.3 is 44.9 Å². The van der Waals surface area contributed by atoms with Crippen molar-refractivity contribution in [1.82, 2.24) is 60.5 Å². The molecule has 0 radical (unpaired) electrons. The maximum atomic E-state index is 16.2. The third-order valence-corrected chi connectivity index (χ3v) is 18.2. The summed E-state index contributed by atoms with van der Waals surface area (Å²) in [7, 11) is 1.76. The summed E-state index contributed by atoms with van der Waals surface area (Å²) >= 11 is 0. The number of H-pyrrole nitrogens is 1. The maximum absolute atomic E-state index is 16.2. The number of aromatic nitrogens is 9. The second kappa shape index (κ2) is 23.2. The fourth-order valence-corrected chi connectivity index (χ4v) is 13.5. The van der Waals surface area contributed by atoms with Crippen molar-refractivity contribution in [2.45, 2.75) is 160 Å². The van der Waals surface area contributed by atoms with E-state index in [4.69, 9.17) is 24.2 Å². The SMILES string of the molecule is CCn1nccc1-c1ccc([C@@H](NC(=O)[C@@H]2C[C@@H](O)CN2C(=O)[C@H](C(C)C)n2cc(-c3ccc(COc4c(-c5c(C)c(F)cc6[nH]ncc56)c(C5CC5)cc5c(N6C[C@@H]7C[C@H]6CN7)nc(OC6CCC(OC)CC6)nc45)cc3)nn2)[C@@H](C)O)cc1. The summed E-state index contributed by atoms with van der Waals surface area (Å²) in [6, 6.07) is 19.4. The molecule has 0 unspecified atom stereocenters. The number of nitrogens with one attached hydrogen (secondary N) is 3. The van der Waals surface area contributed by atoms with Crippen molar-refractivity contribution in [3.05, 3.63) is 113 Å². The standard InChI is InChI=1S/C64H74FN13O7/c1-7-77-53(22-23-68-77)40-14-16-41(17-15-40)57(36(5)79)69-62(81)54-25-44(80)31-76(54)63(82)59(34(2)3)78-32-52(73-74-78)39-10-8-37(9-11-39)33-84-60-56(55-35(4)50(65)27-51-49(55)29-67-72-51)47(38-12-13-38)26-48-58(60)70-64(85-46-20-18-45(83-6)19-21-46)71-61(48)75-30-42-24-43(75)28-66-42/h8-11,14-17,22-23,26-27,29,32,34,36,38,42-46,54,57,59,66,79-80H,7,12-13,18-21,24-25,28,30-31,33H2,1-6H3,(H,67,72)(H,69,81)/t36-,42+,43+,44-,45?,46?,54+,57+,59+/m1/s1. The van der Waals surface area contributed by atoms with E-state index < -0.39 is 36.2 Å². The Morgan fingerprint density at radius 2 is 1.67 bits per heavy atom. The third-order valence-electron chi connectivity index (χ3n) is 18.2. The summed E-state index contributed by atoms with van der Waals surface area (Å²) in [5, 5.41) is 51.1. The topological polar surface area (TPSA) is 236 Å². The van der Waals surface area contributed by atoms with Crippen molar-refractivity contribution in [3.8, 4) is 45.4 Å². The maximum Gasteiger partial charge on any atom is 0.319 e. The first-order valence-corrected chi connectivity index (χ1v) is 30.1. The number of likely N-dealkylation sites (tertiary alicyclic amines) is 1. The third kappa shape index (κ3) is 10.9. The molecule has 3 aliphatic heterocycles. The number of methoxy groups -OCH3 is 1. The van der Waals surface area contributed by atoms with Gasteiger partial charge in [0, 0.05) is 85.5 Å². The van der Waals surface area contributed by atoms with E-state index in [2.05, 4.69) is 47.2 Å². The minimum absolute atomic E-state index is 0.0354. The first-order chi connectivity index (χ1) is 41.2. The average Bonchev–Trinajstić information content (AvgIpc) is 1.85. The summed E-state index contributed by atoms with van der Waals surface area (Å²) in [6.07, 6.45) is 9.86. The molecule has 20 nitrogen and oxygen atoms in total. The van der Waals surface area contributed by atoms with Gasteiger partial charge in [-0.3, -0.25) is 19.4 Å². The van der Waals surface area contributed by atoms with Gasteiger partial charge in [-0.1, -0.05) is 67.6 Å². The van der Waals surface area contributed by atoms with Crippen molar-refractivity contribution in [2.24, 2.45) is 5.92 Å². The Bertz CT molecular complexity index is 3760. The van der Waals surface area contributed by atoms with Crippen molar-refractivity contribution < 1.29 is 38.4 Å². The summed E-state index contributed by atoms with van der Waals surface area (Å²) in [6.45, 7) is 11.7. The van der Waals surface area contributed by atoms with Crippen LogP contribution in [0.25, 0.3) is 55.4 Å². The van der Waals surface area contributed by atoms with Crippen molar-refractivity contribution in [3.63, 3.8) is 0 Å². The number of nitrogens with zero attached hydrogens (tertiary/aromatic N) is 10. The molecule has 7 heterocycles. The number of benzene rings is 4. The molecule has 2 bridgehead atoms. The van der Waals surface area contributed by atoms with Crippen LogP contribution < -0.4 is 25.0 Å². The number of anilines is 1. The van der Waals surface area contributed by atoms with Crippen molar-refractivity contribution >= 4 is 39.4 Å². The molecular weight excluding hydrogens is 1080 g/mol. The first-order valence-electron chi connectivity index (χ1n) is 30.1. The fourth-order valence-electron chi connectivity index (χ4n) is 13.5. The highest BCUT2D eigenvalue weighted by molar-refractivity contribution is 6.06. The van der Waals surface area contributed by atoms with Crippen LogP contribution in [0.2, 0.25) is 0 Å². The van der Waals surface area contributed by atoms with E-state index in [1.165, 1.54) is 15.6 Å². The average molecular weight is 1160 g/mol. The Balaban J connectivity index is 0.783. The van der Waals surface area contributed by atoms with E-state index in [0.717, 1.165) is 108 Å². The molecule has 21 heteroatoms. The molecule has 444 valence electrons. The van der Waals surface area contributed by atoms with E-state index in [-0.39, 0.29) is 67.4 Å². The van der Waals surface area contributed by atoms with Gasteiger partial charge in [0.15, 0.2) is 5.75 Å². The van der Waals surface area contributed by atoms with Gasteiger partial charge in [-0.2, -0.15) is 20.2 Å². The highest BCUT2D eigenvalue weighted by atomic mass is 19.1. The number of fused-ring (bicyclic) bond motifs is 4. The molecule has 8 aromatic rings. The lowest BCUT2D eigenvalue weighted by atomic mass is 9.88. The number of carbonyl (C=O) groups excluding carboxylic acids is 2. The molecule has 5 fully saturated rings. The van der Waals surface area contributed by atoms with Crippen molar-refractivity contribution in [1.29, 1.82) is 0 Å². The van der Waals surface area contributed by atoms with Gasteiger partial charge in [-0.25, -0.2) is 9.07 Å². The zero-order valence-corrected chi connectivity index (χ0v) is 48.9. The largest absolute Gasteiger partial charge is 0.486 e. The number of carbonyl (C=O) groups is 2. The number of aryl methyl sites for hydroxylation is 1. The Morgan fingerprint density at radius 3 is 2.36 bits per heavy atom. The molecule has 7 atom stereocenters. The van der Waals surface area contributed by atoms with Gasteiger partial charge in [0.05, 0.1) is 48.0 Å². The lowest BCUT2D eigenvalue weighted by molar-refractivity contribution is -0.143. The number of aromatic amines is 1. The summed E-state index contributed by atoms with van der Waals surface area (Å²) in [5.41, 5.74) is 8.96. The highest BCUT2D eigenvalue weighted by Crippen LogP contribution is 2.54. The Kier molecular flexibility index (Phi) is 15.4. The number of hydrogen-bond acceptors (Lipinski definition) is 15. The predicted molar refractivity (Wildman–Crippen MR) is 318 cm³/mol. The summed E-state index contributed by atoms with van der Waals surface area (Å²) < 4.78 is 39.3. The number of piperazine rings is 1. The van der Waals surface area contributed by atoms with Gasteiger partial charge in [0.1, 0.15) is 47.6 Å². The molecule has 2 aliphatic carbocycles. The monoisotopic (exact) mass is 1160 g/mol. The minimum Gasteiger partial charge on any atom is -0.486 e. The van der Waals surface area contributed by atoms with Crippen molar-refractivity contribution in [2.75, 3.05) is 31.6 Å². The number of aliphatic hydroxyl groups is 2. The van der Waals surface area contributed by atoms with Gasteiger partial charge in [-0.15, -0.1) is 5.10 Å². The molecule has 2 amide bonds. The van der Waals surface area contributed by atoms with Crippen LogP contribution >= 0.6 is 0 Å². The van der Waals surface area contributed by atoms with E-state index in [0.29, 0.717) is 51.8 Å². The van der Waals surface area contributed by atoms with Crippen LogP contribution in [-0.4, -0.2) is 141 Å². The Labute approximate surface area is 492 Å². The van der Waals surface area contributed by atoms with Crippen LogP contribution in [0, 0.1) is 18.7 Å². The molecule has 2 saturated carbocycles. The van der Waals surface area contributed by atoms with E-state index in [1.807, 2.05) is 87.0 Å². The molecule has 13 rings (SSSR count). The zero-order chi connectivity index (χ0) is 58.8. The van der Waals surface area contributed by atoms with E-state index in [1.54, 1.807) is 32.6 Å². The summed E-state index contributed by atoms with van der Waals surface area (Å²) in [5.74, 6) is 0.0796. The van der Waals surface area contributed by atoms with E-state index >= 15 is 4.39 Å². The lowest BCUT2D eigenvalue weighted by Crippen LogP contribution is -2.50. The lowest BCUT2D eigenvalue weighted by Gasteiger charge is -2.31. The Hall–Kier alpha value is -7.85. The minimum atomic E-state index is -0.996. The Morgan fingerprint density at radius 1 is 0.906 bits per heavy atom. The quantitative estimate of drug-likeness (QED) is 0.0510. The van der Waals surface area contributed by atoms with Crippen LogP contribution in [0.5, 0.6) is 11.8 Å². The van der Waals surface area contributed by atoms with Gasteiger partial charge >= 0.3 is 6.01 Å². The molecule has 3 saturated heterocycles. The van der Waals surface area contributed by atoms with Gasteiger partial charge in [-0.05, 0) is 124 Å². The normalized spacial score (nSPS) is 22.4. The van der Waals surface area contributed by atoms with Crippen LogP contribution in [0.3, 0.4) is 0 Å². The number of halogens is 1. The number of hydrogen-bond donors (Lipinski definition) is 5. The highest BCUT2D eigenvalue weighted by Gasteiger charge is 2.44. The molecule has 5 aliphatic rings. The number of amides is 2. The molecule has 0 spiro atoms. The van der Waals surface area contributed by atoms with Gasteiger partial charge in [0.25, 0.3) is 0 Å². The fraction of sp³-hybridized carbons (Fsp3) is 0.469. The second-order valence-electron chi connectivity index (χ2n) is 24.3. The number of aliphatic hydroxyl groups excluding tert-OH is 2. The molecule has 5 N–H and O–H groups in total. The predicted octanol–water partition coefficient (Wildman–Crippen LogP) is 8.50.